The molecular weight excluding hydrogens is 363 g/mol. The van der Waals surface area contributed by atoms with Gasteiger partial charge < -0.3 is 14.7 Å². The van der Waals surface area contributed by atoms with Crippen molar-refractivity contribution < 1.29 is 9.32 Å². The maximum atomic E-state index is 12.8. The molecule has 3 fully saturated rings. The van der Waals surface area contributed by atoms with Crippen LogP contribution in [0.3, 0.4) is 0 Å². The van der Waals surface area contributed by atoms with E-state index in [0.717, 1.165) is 63.7 Å². The number of aromatic nitrogens is 1. The van der Waals surface area contributed by atoms with Gasteiger partial charge >= 0.3 is 0 Å². The SMILES string of the molecule is Cc1cc(CN2CCN(C(=O)C3CC34CCNCC4)CC2)on1.Cl.Cl. The Bertz CT molecular complexity index is 581. The zero-order chi connectivity index (χ0) is 15.9. The first-order chi connectivity index (χ1) is 11.2. The average molecular weight is 391 g/mol. The number of carbonyl (C=O) groups is 1. The molecule has 0 radical (unpaired) electrons. The number of hydrogen-bond donors (Lipinski definition) is 1. The highest BCUT2D eigenvalue weighted by atomic mass is 35.5. The van der Waals surface area contributed by atoms with E-state index in [1.807, 2.05) is 13.0 Å². The summed E-state index contributed by atoms with van der Waals surface area (Å²) in [6.07, 6.45) is 3.47. The zero-order valence-corrected chi connectivity index (χ0v) is 16.3. The van der Waals surface area contributed by atoms with Crippen LogP contribution in [-0.4, -0.2) is 60.1 Å². The van der Waals surface area contributed by atoms with Crippen LogP contribution in [0.25, 0.3) is 0 Å². The first-order valence-corrected chi connectivity index (χ1v) is 8.80. The number of piperidine rings is 1. The van der Waals surface area contributed by atoms with Gasteiger partial charge in [0, 0.05) is 38.2 Å². The first kappa shape index (κ1) is 20.5. The molecule has 1 unspecified atom stereocenters. The van der Waals surface area contributed by atoms with Crippen molar-refractivity contribution in [2.45, 2.75) is 32.7 Å². The summed E-state index contributed by atoms with van der Waals surface area (Å²) >= 11 is 0. The lowest BCUT2D eigenvalue weighted by Crippen LogP contribution is -2.49. The van der Waals surface area contributed by atoms with Gasteiger partial charge in [-0.15, -0.1) is 24.8 Å². The summed E-state index contributed by atoms with van der Waals surface area (Å²) in [7, 11) is 0. The van der Waals surface area contributed by atoms with Crippen molar-refractivity contribution in [3.63, 3.8) is 0 Å². The third-order valence-electron chi connectivity index (χ3n) is 5.83. The Morgan fingerprint density at radius 3 is 2.56 bits per heavy atom. The summed E-state index contributed by atoms with van der Waals surface area (Å²) in [5, 5.41) is 7.34. The van der Waals surface area contributed by atoms with Crippen LogP contribution in [0.2, 0.25) is 0 Å². The predicted octanol–water partition coefficient (Wildman–Crippen LogP) is 1.86. The van der Waals surface area contributed by atoms with Gasteiger partial charge in [0.05, 0.1) is 12.2 Å². The maximum Gasteiger partial charge on any atom is 0.226 e. The van der Waals surface area contributed by atoms with Gasteiger partial charge in [0.1, 0.15) is 0 Å². The normalized spacial score (nSPS) is 25.2. The van der Waals surface area contributed by atoms with Crippen molar-refractivity contribution in [3.8, 4) is 0 Å². The molecule has 3 aliphatic rings. The van der Waals surface area contributed by atoms with Gasteiger partial charge in [0.2, 0.25) is 5.91 Å². The molecule has 2 saturated heterocycles. The lowest BCUT2D eigenvalue weighted by Gasteiger charge is -2.35. The highest BCUT2D eigenvalue weighted by Crippen LogP contribution is 2.59. The molecule has 6 nitrogen and oxygen atoms in total. The molecule has 2 aliphatic heterocycles. The zero-order valence-electron chi connectivity index (χ0n) is 14.7. The number of nitrogens with one attached hydrogen (secondary N) is 1. The van der Waals surface area contributed by atoms with Crippen LogP contribution in [0.4, 0.5) is 0 Å². The molecule has 1 saturated carbocycles. The monoisotopic (exact) mass is 390 g/mol. The molecule has 1 aromatic heterocycles. The maximum absolute atomic E-state index is 12.8. The van der Waals surface area contributed by atoms with Gasteiger partial charge in [-0.1, -0.05) is 5.16 Å². The number of nitrogens with zero attached hydrogens (tertiary/aromatic N) is 3. The number of hydrogen-bond acceptors (Lipinski definition) is 5. The van der Waals surface area contributed by atoms with Crippen molar-refractivity contribution in [3.05, 3.63) is 17.5 Å². The molecular formula is C17H28Cl2N4O2. The number of halogens is 2. The van der Waals surface area contributed by atoms with E-state index in [1.165, 1.54) is 12.8 Å². The molecule has 1 aromatic rings. The molecule has 1 aliphatic carbocycles. The third kappa shape index (κ3) is 4.30. The number of rotatable bonds is 3. The predicted molar refractivity (Wildman–Crippen MR) is 100 cm³/mol. The Kier molecular flexibility index (Phi) is 6.76. The van der Waals surface area contributed by atoms with Gasteiger partial charge in [-0.2, -0.15) is 0 Å². The quantitative estimate of drug-likeness (QED) is 0.853. The number of aryl methyl sites for hydroxylation is 1. The summed E-state index contributed by atoms with van der Waals surface area (Å²) in [4.78, 5) is 17.2. The standard InChI is InChI=1S/C17H26N4O2.2ClH/c1-13-10-14(23-19-13)12-20-6-8-21(9-7-20)16(22)15-11-17(15)2-4-18-5-3-17;;/h10,15,18H,2-9,11-12H2,1H3;2*1H. The number of amides is 1. The minimum atomic E-state index is 0. The van der Waals surface area contributed by atoms with Crippen LogP contribution < -0.4 is 5.32 Å². The van der Waals surface area contributed by atoms with E-state index in [0.29, 0.717) is 17.2 Å². The summed E-state index contributed by atoms with van der Waals surface area (Å²) in [5.74, 6) is 1.62. The first-order valence-electron chi connectivity index (χ1n) is 8.80. The van der Waals surface area contributed by atoms with Crippen LogP contribution >= 0.6 is 24.8 Å². The molecule has 142 valence electrons. The smallest absolute Gasteiger partial charge is 0.226 e. The van der Waals surface area contributed by atoms with Crippen LogP contribution in [0.5, 0.6) is 0 Å². The van der Waals surface area contributed by atoms with E-state index in [-0.39, 0.29) is 24.8 Å². The molecule has 4 rings (SSSR count). The third-order valence-corrected chi connectivity index (χ3v) is 5.83. The minimum absolute atomic E-state index is 0. The Labute approximate surface area is 161 Å². The fourth-order valence-electron chi connectivity index (χ4n) is 4.23. The second-order valence-corrected chi connectivity index (χ2v) is 7.41. The number of piperazine rings is 1. The van der Waals surface area contributed by atoms with Crippen LogP contribution in [0.1, 0.15) is 30.7 Å². The van der Waals surface area contributed by atoms with Crippen molar-refractivity contribution in [1.29, 1.82) is 0 Å². The molecule has 1 atom stereocenters. The molecule has 25 heavy (non-hydrogen) atoms. The largest absolute Gasteiger partial charge is 0.360 e. The van der Waals surface area contributed by atoms with E-state index < -0.39 is 0 Å². The van der Waals surface area contributed by atoms with Crippen molar-refractivity contribution in [1.82, 2.24) is 20.3 Å². The lowest BCUT2D eigenvalue weighted by molar-refractivity contribution is -0.135. The minimum Gasteiger partial charge on any atom is -0.360 e. The average Bonchev–Trinajstić information content (AvgIpc) is 3.09. The fourth-order valence-corrected chi connectivity index (χ4v) is 4.23. The highest BCUT2D eigenvalue weighted by Gasteiger charge is 2.58. The second kappa shape index (κ2) is 8.25. The van der Waals surface area contributed by atoms with Gasteiger partial charge in [-0.3, -0.25) is 9.69 Å². The van der Waals surface area contributed by atoms with Gasteiger partial charge in [-0.05, 0) is 44.7 Å². The molecule has 8 heteroatoms. The molecule has 0 bridgehead atoms. The van der Waals surface area contributed by atoms with Crippen LogP contribution in [-0.2, 0) is 11.3 Å². The molecule has 3 heterocycles. The summed E-state index contributed by atoms with van der Waals surface area (Å²) in [5.41, 5.74) is 1.27. The molecule has 1 amide bonds. The van der Waals surface area contributed by atoms with E-state index >= 15 is 0 Å². The van der Waals surface area contributed by atoms with Crippen LogP contribution in [0, 0.1) is 18.3 Å². The Morgan fingerprint density at radius 2 is 1.96 bits per heavy atom. The van der Waals surface area contributed by atoms with Crippen molar-refractivity contribution in [2.75, 3.05) is 39.3 Å². The summed E-state index contributed by atoms with van der Waals surface area (Å²) in [6, 6.07) is 1.99. The highest BCUT2D eigenvalue weighted by molar-refractivity contribution is 5.85. The van der Waals surface area contributed by atoms with E-state index in [9.17, 15) is 4.79 Å². The van der Waals surface area contributed by atoms with Crippen molar-refractivity contribution in [2.24, 2.45) is 11.3 Å². The number of carbonyl (C=O) groups excluding carboxylic acids is 1. The van der Waals surface area contributed by atoms with Crippen LogP contribution in [0.15, 0.2) is 10.6 Å². The fraction of sp³-hybridized carbons (Fsp3) is 0.765. The van der Waals surface area contributed by atoms with E-state index in [4.69, 9.17) is 4.52 Å². The van der Waals surface area contributed by atoms with Gasteiger partial charge in [0.25, 0.3) is 0 Å². The van der Waals surface area contributed by atoms with Crippen molar-refractivity contribution >= 4 is 30.7 Å². The molecule has 1 N–H and O–H groups in total. The Morgan fingerprint density at radius 1 is 1.28 bits per heavy atom. The van der Waals surface area contributed by atoms with Gasteiger partial charge in [0.15, 0.2) is 5.76 Å². The second-order valence-electron chi connectivity index (χ2n) is 7.41. The Balaban J connectivity index is 0.00000113. The summed E-state index contributed by atoms with van der Waals surface area (Å²) < 4.78 is 5.29. The topological polar surface area (TPSA) is 61.6 Å². The Hall–Kier alpha value is -0.820. The lowest BCUT2D eigenvalue weighted by atomic mass is 9.91. The summed E-state index contributed by atoms with van der Waals surface area (Å²) in [6.45, 7) is 8.42. The van der Waals surface area contributed by atoms with E-state index in [2.05, 4.69) is 20.3 Å². The van der Waals surface area contributed by atoms with Gasteiger partial charge in [-0.25, -0.2) is 0 Å². The molecule has 1 spiro atoms. The molecule has 0 aromatic carbocycles. The van der Waals surface area contributed by atoms with E-state index in [1.54, 1.807) is 0 Å².